The number of aromatic nitrogens is 2. The van der Waals surface area contributed by atoms with E-state index >= 15 is 0 Å². The highest BCUT2D eigenvalue weighted by Gasteiger charge is 2.33. The van der Waals surface area contributed by atoms with Crippen molar-refractivity contribution in [3.63, 3.8) is 0 Å². The zero-order valence-corrected chi connectivity index (χ0v) is 20.3. The summed E-state index contributed by atoms with van der Waals surface area (Å²) in [6, 6.07) is 16.7. The Kier molecular flexibility index (Phi) is 5.93. The second-order valence-electron chi connectivity index (χ2n) is 8.87. The number of benzene rings is 3. The third kappa shape index (κ3) is 4.22. The Bertz CT molecular complexity index is 1430. The number of rotatable bonds is 6. The fraction of sp³-hybridized carbons (Fsp3) is 0.286. The molecule has 3 aromatic carbocycles. The number of ether oxygens (including phenoxy) is 2. The molecule has 2 atom stereocenters. The SMILES string of the molecule is CCc1nc2ccc(F)cc2n1-c1cccc(CNc2ccc3c(c2)OC(C)[C@H]3OC(C)=O)c1C. The number of halogens is 1. The van der Waals surface area contributed by atoms with E-state index in [0.717, 1.165) is 57.1 Å². The van der Waals surface area contributed by atoms with Crippen molar-refractivity contribution >= 4 is 22.7 Å². The van der Waals surface area contributed by atoms with E-state index in [2.05, 4.69) is 29.8 Å². The van der Waals surface area contributed by atoms with E-state index in [1.54, 1.807) is 12.1 Å². The van der Waals surface area contributed by atoms with Crippen LogP contribution in [-0.4, -0.2) is 21.6 Å². The molecule has 0 radical (unpaired) electrons. The van der Waals surface area contributed by atoms with Crippen molar-refractivity contribution in [3.05, 3.63) is 82.9 Å². The van der Waals surface area contributed by atoms with Crippen LogP contribution in [-0.2, 0) is 22.5 Å². The van der Waals surface area contributed by atoms with Crippen LogP contribution in [0, 0.1) is 12.7 Å². The lowest BCUT2D eigenvalue weighted by Crippen LogP contribution is -2.18. The molecule has 35 heavy (non-hydrogen) atoms. The van der Waals surface area contributed by atoms with Gasteiger partial charge in [0.15, 0.2) is 6.10 Å². The number of carbonyl (C=O) groups is 1. The highest BCUT2D eigenvalue weighted by Crippen LogP contribution is 2.40. The molecule has 5 rings (SSSR count). The van der Waals surface area contributed by atoms with Crippen LogP contribution in [0.25, 0.3) is 16.7 Å². The normalized spacial score (nSPS) is 16.7. The number of anilines is 1. The largest absolute Gasteiger partial charge is 0.486 e. The molecule has 0 saturated carbocycles. The minimum absolute atomic E-state index is 0.231. The van der Waals surface area contributed by atoms with Crippen molar-refractivity contribution < 1.29 is 18.7 Å². The Morgan fingerprint density at radius 2 is 2.03 bits per heavy atom. The Balaban J connectivity index is 1.42. The van der Waals surface area contributed by atoms with Gasteiger partial charge in [-0.15, -0.1) is 0 Å². The molecule has 7 heteroatoms. The first-order chi connectivity index (χ1) is 16.9. The van der Waals surface area contributed by atoms with Gasteiger partial charge in [0.2, 0.25) is 0 Å². The summed E-state index contributed by atoms with van der Waals surface area (Å²) in [5, 5.41) is 3.48. The summed E-state index contributed by atoms with van der Waals surface area (Å²) < 4.78 is 27.5. The molecular weight excluding hydrogens is 445 g/mol. The van der Waals surface area contributed by atoms with Crippen LogP contribution >= 0.6 is 0 Å². The lowest BCUT2D eigenvalue weighted by Gasteiger charge is -2.16. The van der Waals surface area contributed by atoms with Gasteiger partial charge in [-0.25, -0.2) is 9.37 Å². The van der Waals surface area contributed by atoms with Crippen molar-refractivity contribution in [2.75, 3.05) is 5.32 Å². The number of hydrogen-bond donors (Lipinski definition) is 1. The average molecular weight is 474 g/mol. The Morgan fingerprint density at radius 1 is 1.20 bits per heavy atom. The lowest BCUT2D eigenvalue weighted by molar-refractivity contribution is -0.149. The lowest BCUT2D eigenvalue weighted by atomic mass is 10.0. The maximum atomic E-state index is 14.1. The maximum Gasteiger partial charge on any atom is 0.303 e. The van der Waals surface area contributed by atoms with Gasteiger partial charge in [0.1, 0.15) is 23.5 Å². The maximum absolute atomic E-state index is 14.1. The van der Waals surface area contributed by atoms with Crippen LogP contribution in [0.4, 0.5) is 10.1 Å². The Labute approximate surface area is 203 Å². The third-order valence-corrected chi connectivity index (χ3v) is 6.50. The van der Waals surface area contributed by atoms with Crippen molar-refractivity contribution in [1.82, 2.24) is 9.55 Å². The zero-order chi connectivity index (χ0) is 24.7. The van der Waals surface area contributed by atoms with Crippen LogP contribution in [0.15, 0.2) is 54.6 Å². The summed E-state index contributed by atoms with van der Waals surface area (Å²) in [7, 11) is 0. The molecule has 1 aromatic heterocycles. The number of nitrogens with one attached hydrogen (secondary N) is 1. The highest BCUT2D eigenvalue weighted by molar-refractivity contribution is 5.79. The number of esters is 1. The number of fused-ring (bicyclic) bond motifs is 2. The summed E-state index contributed by atoms with van der Waals surface area (Å²) in [6.07, 6.45) is 0.115. The summed E-state index contributed by atoms with van der Waals surface area (Å²) in [5.41, 5.74) is 6.54. The van der Waals surface area contributed by atoms with E-state index in [-0.39, 0.29) is 17.9 Å². The molecule has 180 valence electrons. The van der Waals surface area contributed by atoms with Crippen molar-refractivity contribution in [2.24, 2.45) is 0 Å². The molecule has 1 aliphatic rings. The van der Waals surface area contributed by atoms with E-state index in [1.165, 1.54) is 13.0 Å². The van der Waals surface area contributed by atoms with Gasteiger partial charge >= 0.3 is 5.97 Å². The average Bonchev–Trinajstić information content (AvgIpc) is 3.34. The standard InChI is InChI=1S/C28H28FN3O3/c1-5-27-31-23-12-9-20(29)13-25(23)32(27)24-8-6-7-19(16(24)2)15-30-21-10-11-22-26(14-21)34-17(3)28(22)35-18(4)33/h6-14,17,28,30H,5,15H2,1-4H3/t17?,28-/m1/s1. The second kappa shape index (κ2) is 9.06. The predicted octanol–water partition coefficient (Wildman–Crippen LogP) is 6.03. The van der Waals surface area contributed by atoms with Gasteiger partial charge in [0.05, 0.1) is 16.7 Å². The molecule has 1 aliphatic heterocycles. The number of hydrogen-bond acceptors (Lipinski definition) is 5. The molecule has 0 bridgehead atoms. The van der Waals surface area contributed by atoms with Crippen molar-refractivity contribution in [1.29, 1.82) is 0 Å². The third-order valence-electron chi connectivity index (χ3n) is 6.50. The van der Waals surface area contributed by atoms with Crippen LogP contribution < -0.4 is 10.1 Å². The van der Waals surface area contributed by atoms with Crippen LogP contribution in [0.1, 0.15) is 49.4 Å². The van der Waals surface area contributed by atoms with Crippen molar-refractivity contribution in [3.8, 4) is 11.4 Å². The number of aryl methyl sites for hydroxylation is 1. The van der Waals surface area contributed by atoms with E-state index < -0.39 is 6.10 Å². The number of carbonyl (C=O) groups excluding carboxylic acids is 1. The molecule has 0 aliphatic carbocycles. The van der Waals surface area contributed by atoms with Crippen molar-refractivity contribution in [2.45, 2.75) is 52.9 Å². The molecule has 2 heterocycles. The predicted molar refractivity (Wildman–Crippen MR) is 134 cm³/mol. The van der Waals surface area contributed by atoms with Gasteiger partial charge in [-0.2, -0.15) is 0 Å². The quantitative estimate of drug-likeness (QED) is 0.346. The molecule has 0 fully saturated rings. The highest BCUT2D eigenvalue weighted by atomic mass is 19.1. The molecule has 0 saturated heterocycles. The van der Waals surface area contributed by atoms with Crippen LogP contribution in [0.3, 0.4) is 0 Å². The van der Waals surface area contributed by atoms with Gasteiger partial charge in [-0.1, -0.05) is 19.1 Å². The summed E-state index contributed by atoms with van der Waals surface area (Å²) >= 11 is 0. The summed E-state index contributed by atoms with van der Waals surface area (Å²) in [6.45, 7) is 8.03. The first-order valence-electron chi connectivity index (χ1n) is 11.8. The van der Waals surface area contributed by atoms with E-state index in [1.807, 2.05) is 37.3 Å². The Hall–Kier alpha value is -3.87. The Morgan fingerprint density at radius 3 is 2.80 bits per heavy atom. The van der Waals surface area contributed by atoms with Crippen LogP contribution in [0.2, 0.25) is 0 Å². The summed E-state index contributed by atoms with van der Waals surface area (Å²) in [5.74, 6) is 1.01. The fourth-order valence-corrected chi connectivity index (χ4v) is 4.74. The molecule has 6 nitrogen and oxygen atoms in total. The minimum atomic E-state index is -0.391. The van der Waals surface area contributed by atoms with E-state index in [4.69, 9.17) is 14.5 Å². The molecule has 4 aromatic rings. The molecule has 0 amide bonds. The molecular formula is C28H28FN3O3. The smallest absolute Gasteiger partial charge is 0.303 e. The number of nitrogens with zero attached hydrogens (tertiary/aromatic N) is 2. The van der Waals surface area contributed by atoms with Gasteiger partial charge in [0.25, 0.3) is 0 Å². The van der Waals surface area contributed by atoms with Gasteiger partial charge < -0.3 is 14.8 Å². The minimum Gasteiger partial charge on any atom is -0.486 e. The first kappa shape index (κ1) is 22.9. The van der Waals surface area contributed by atoms with Gasteiger partial charge in [-0.05, 0) is 55.3 Å². The fourth-order valence-electron chi connectivity index (χ4n) is 4.74. The molecule has 1 N–H and O–H groups in total. The summed E-state index contributed by atoms with van der Waals surface area (Å²) in [4.78, 5) is 16.2. The zero-order valence-electron chi connectivity index (χ0n) is 20.3. The second-order valence-corrected chi connectivity index (χ2v) is 8.87. The van der Waals surface area contributed by atoms with Crippen LogP contribution in [0.5, 0.6) is 5.75 Å². The molecule has 1 unspecified atom stereocenters. The topological polar surface area (TPSA) is 65.4 Å². The monoisotopic (exact) mass is 473 g/mol. The van der Waals surface area contributed by atoms with E-state index in [9.17, 15) is 9.18 Å². The number of imidazole rings is 1. The van der Waals surface area contributed by atoms with Gasteiger partial charge in [-0.3, -0.25) is 9.36 Å². The van der Waals surface area contributed by atoms with Gasteiger partial charge in [0, 0.05) is 43.3 Å². The molecule has 0 spiro atoms. The first-order valence-corrected chi connectivity index (χ1v) is 11.8. The van der Waals surface area contributed by atoms with E-state index in [0.29, 0.717) is 6.54 Å².